The second-order valence-electron chi connectivity index (χ2n) is 8.71. The Morgan fingerprint density at radius 3 is 2.82 bits per heavy atom. The second kappa shape index (κ2) is 9.02. The molecule has 5 rings (SSSR count). The van der Waals surface area contributed by atoms with E-state index in [1.165, 1.54) is 5.69 Å². The molecule has 2 aliphatic heterocycles. The Hall–Kier alpha value is -3.73. The van der Waals surface area contributed by atoms with E-state index in [0.717, 1.165) is 48.8 Å². The number of hydrogen-bond acceptors (Lipinski definition) is 7. The molecule has 3 aromatic rings. The SMILES string of the molecule is Cc1cn2nc(NC(=O)N3CCc4c(N5CCNC(C)(C)C5)ccnc43)ccc2n1.O=CO. The van der Waals surface area contributed by atoms with E-state index in [1.54, 1.807) is 21.7 Å². The van der Waals surface area contributed by atoms with Gasteiger partial charge < -0.3 is 15.3 Å². The number of nitrogens with zero attached hydrogens (tertiary/aromatic N) is 6. The summed E-state index contributed by atoms with van der Waals surface area (Å²) in [6.07, 6.45) is 4.43. The molecular formula is C22H28N8O3. The van der Waals surface area contributed by atoms with Gasteiger partial charge in [-0.05, 0) is 45.4 Å². The molecule has 0 atom stereocenters. The molecule has 0 aromatic carbocycles. The van der Waals surface area contributed by atoms with Gasteiger partial charge in [-0.15, -0.1) is 5.10 Å². The van der Waals surface area contributed by atoms with Gasteiger partial charge >= 0.3 is 6.03 Å². The van der Waals surface area contributed by atoms with E-state index >= 15 is 0 Å². The zero-order valence-corrected chi connectivity index (χ0v) is 18.9. The summed E-state index contributed by atoms with van der Waals surface area (Å²) in [6.45, 7) is 9.50. The monoisotopic (exact) mass is 452 g/mol. The molecule has 3 aromatic heterocycles. The number of aromatic nitrogens is 4. The van der Waals surface area contributed by atoms with E-state index in [-0.39, 0.29) is 18.0 Å². The zero-order chi connectivity index (χ0) is 23.6. The number of piperazine rings is 1. The van der Waals surface area contributed by atoms with Crippen molar-refractivity contribution in [3.63, 3.8) is 0 Å². The summed E-state index contributed by atoms with van der Waals surface area (Å²) in [6, 6.07) is 5.46. The summed E-state index contributed by atoms with van der Waals surface area (Å²) in [7, 11) is 0. The lowest BCUT2D eigenvalue weighted by molar-refractivity contribution is -0.122. The maximum Gasteiger partial charge on any atom is 0.328 e. The van der Waals surface area contributed by atoms with Crippen molar-refractivity contribution < 1.29 is 14.7 Å². The molecule has 0 spiro atoms. The van der Waals surface area contributed by atoms with Gasteiger partial charge in [-0.1, -0.05) is 0 Å². The number of rotatable bonds is 2. The number of carbonyl (C=O) groups excluding carboxylic acids is 1. The third-order valence-electron chi connectivity index (χ3n) is 5.68. The number of imidazole rings is 1. The Morgan fingerprint density at radius 1 is 1.27 bits per heavy atom. The second-order valence-corrected chi connectivity index (χ2v) is 8.71. The third kappa shape index (κ3) is 4.72. The average Bonchev–Trinajstić information content (AvgIpc) is 3.35. The average molecular weight is 453 g/mol. The van der Waals surface area contributed by atoms with Crippen molar-refractivity contribution in [2.45, 2.75) is 32.7 Å². The maximum absolute atomic E-state index is 13.0. The summed E-state index contributed by atoms with van der Waals surface area (Å²) >= 11 is 0. The van der Waals surface area contributed by atoms with E-state index < -0.39 is 0 Å². The predicted molar refractivity (Wildman–Crippen MR) is 125 cm³/mol. The highest BCUT2D eigenvalue weighted by atomic mass is 16.3. The molecule has 33 heavy (non-hydrogen) atoms. The first-order chi connectivity index (χ1) is 15.8. The van der Waals surface area contributed by atoms with Crippen LogP contribution >= 0.6 is 0 Å². The third-order valence-corrected chi connectivity index (χ3v) is 5.68. The fraction of sp³-hybridized carbons (Fsp3) is 0.409. The summed E-state index contributed by atoms with van der Waals surface area (Å²) < 4.78 is 1.67. The number of pyridine rings is 1. The Bertz CT molecular complexity index is 1180. The van der Waals surface area contributed by atoms with Gasteiger partial charge in [-0.2, -0.15) is 0 Å². The van der Waals surface area contributed by atoms with Crippen molar-refractivity contribution >= 4 is 35.5 Å². The number of amides is 2. The molecule has 5 heterocycles. The van der Waals surface area contributed by atoms with Crippen LogP contribution in [0.2, 0.25) is 0 Å². The van der Waals surface area contributed by atoms with Gasteiger partial charge in [0.15, 0.2) is 11.5 Å². The first-order valence-corrected chi connectivity index (χ1v) is 10.8. The fourth-order valence-electron chi connectivity index (χ4n) is 4.36. The first kappa shape index (κ1) is 22.5. The number of urea groups is 1. The van der Waals surface area contributed by atoms with Crippen LogP contribution in [0.3, 0.4) is 0 Å². The molecule has 0 radical (unpaired) electrons. The van der Waals surface area contributed by atoms with Gasteiger partial charge in [0.05, 0.1) is 11.9 Å². The van der Waals surface area contributed by atoms with Crippen LogP contribution in [-0.4, -0.2) is 68.9 Å². The maximum atomic E-state index is 13.0. The number of aryl methyl sites for hydroxylation is 1. The van der Waals surface area contributed by atoms with E-state index in [1.807, 2.05) is 19.2 Å². The van der Waals surface area contributed by atoms with Crippen LogP contribution in [0.15, 0.2) is 30.6 Å². The lowest BCUT2D eigenvalue weighted by atomic mass is 10.0. The molecule has 11 nitrogen and oxygen atoms in total. The minimum atomic E-state index is -0.250. The first-order valence-electron chi connectivity index (χ1n) is 10.8. The molecule has 1 saturated heterocycles. The van der Waals surface area contributed by atoms with Crippen molar-refractivity contribution in [2.24, 2.45) is 0 Å². The molecule has 0 aliphatic carbocycles. The van der Waals surface area contributed by atoms with Crippen LogP contribution in [0.1, 0.15) is 25.1 Å². The normalized spacial score (nSPS) is 16.7. The van der Waals surface area contributed by atoms with Crippen molar-refractivity contribution in [2.75, 3.05) is 41.3 Å². The van der Waals surface area contributed by atoms with Crippen molar-refractivity contribution in [3.8, 4) is 0 Å². The highest BCUT2D eigenvalue weighted by molar-refractivity contribution is 6.02. The van der Waals surface area contributed by atoms with E-state index in [9.17, 15) is 4.79 Å². The predicted octanol–water partition coefficient (Wildman–Crippen LogP) is 1.92. The van der Waals surface area contributed by atoms with Crippen LogP contribution in [0.25, 0.3) is 5.65 Å². The quantitative estimate of drug-likeness (QED) is 0.503. The number of anilines is 3. The van der Waals surface area contributed by atoms with Crippen LogP contribution < -0.4 is 20.4 Å². The lowest BCUT2D eigenvalue weighted by Crippen LogP contribution is -2.57. The largest absolute Gasteiger partial charge is 0.483 e. The highest BCUT2D eigenvalue weighted by Crippen LogP contribution is 2.35. The molecule has 3 N–H and O–H groups in total. The van der Waals surface area contributed by atoms with Gasteiger partial charge in [-0.3, -0.25) is 15.0 Å². The smallest absolute Gasteiger partial charge is 0.328 e. The number of fused-ring (bicyclic) bond motifs is 2. The number of carbonyl (C=O) groups is 2. The van der Waals surface area contributed by atoms with E-state index in [2.05, 4.69) is 50.5 Å². The van der Waals surface area contributed by atoms with Crippen molar-refractivity contribution in [1.29, 1.82) is 0 Å². The standard InChI is InChI=1S/C21H26N8O.CH2O2/c1-14-12-29-18(24-14)5-4-17(26-29)25-20(30)28-10-7-15-16(6-8-22-19(15)28)27-11-9-23-21(2,3)13-27;2-1-3/h4-6,8,12,23H,7,9-11,13H2,1-3H3,(H,25,26,30);1H,(H,2,3). The zero-order valence-electron chi connectivity index (χ0n) is 18.9. The molecule has 2 amide bonds. The molecule has 1 fully saturated rings. The molecule has 2 aliphatic rings. The van der Waals surface area contributed by atoms with Crippen molar-refractivity contribution in [1.82, 2.24) is 24.9 Å². The van der Waals surface area contributed by atoms with Gasteiger partial charge in [0.2, 0.25) is 0 Å². The molecule has 0 unspecified atom stereocenters. The fourth-order valence-corrected chi connectivity index (χ4v) is 4.36. The van der Waals surface area contributed by atoms with Crippen LogP contribution in [0.4, 0.5) is 22.1 Å². The number of hydrogen-bond donors (Lipinski definition) is 3. The van der Waals surface area contributed by atoms with E-state index in [0.29, 0.717) is 12.4 Å². The molecule has 0 bridgehead atoms. The topological polar surface area (TPSA) is 128 Å². The molecule has 0 saturated carbocycles. The Labute approximate surface area is 191 Å². The Morgan fingerprint density at radius 2 is 2.06 bits per heavy atom. The van der Waals surface area contributed by atoms with Gasteiger partial charge in [-0.25, -0.2) is 19.3 Å². The van der Waals surface area contributed by atoms with Crippen LogP contribution in [-0.2, 0) is 11.2 Å². The van der Waals surface area contributed by atoms with E-state index in [4.69, 9.17) is 9.90 Å². The Kier molecular flexibility index (Phi) is 6.14. The molecular weight excluding hydrogens is 424 g/mol. The van der Waals surface area contributed by atoms with Gasteiger partial charge in [0.1, 0.15) is 5.82 Å². The summed E-state index contributed by atoms with van der Waals surface area (Å²) in [5.74, 6) is 1.22. The van der Waals surface area contributed by atoms with Crippen molar-refractivity contribution in [3.05, 3.63) is 41.9 Å². The lowest BCUT2D eigenvalue weighted by Gasteiger charge is -2.41. The number of carboxylic acid groups (broad SMARTS) is 1. The summed E-state index contributed by atoms with van der Waals surface area (Å²) in [5, 5.41) is 17.8. The highest BCUT2D eigenvalue weighted by Gasteiger charge is 2.32. The van der Waals surface area contributed by atoms with Crippen LogP contribution in [0, 0.1) is 6.92 Å². The number of nitrogens with one attached hydrogen (secondary N) is 2. The summed E-state index contributed by atoms with van der Waals surface area (Å²) in [4.78, 5) is 34.4. The summed E-state index contributed by atoms with van der Waals surface area (Å²) in [5.41, 5.74) is 4.01. The Balaban J connectivity index is 0.000000821. The van der Waals surface area contributed by atoms with Gasteiger partial charge in [0.25, 0.3) is 6.47 Å². The minimum absolute atomic E-state index is 0.0556. The molecule has 174 valence electrons. The van der Waals surface area contributed by atoms with Gasteiger partial charge in [0, 0.05) is 49.2 Å². The van der Waals surface area contributed by atoms with Crippen LogP contribution in [0.5, 0.6) is 0 Å². The molecule has 11 heteroatoms. The minimum Gasteiger partial charge on any atom is -0.483 e.